The van der Waals surface area contributed by atoms with Crippen LogP contribution in [0.2, 0.25) is 5.02 Å². The van der Waals surface area contributed by atoms with Gasteiger partial charge < -0.3 is 15.3 Å². The molecule has 0 unspecified atom stereocenters. The van der Waals surface area contributed by atoms with Crippen LogP contribution < -0.4 is 10.2 Å². The minimum atomic E-state index is -1.03. The summed E-state index contributed by atoms with van der Waals surface area (Å²) in [5.74, 6) is -0.230. The first-order valence-corrected chi connectivity index (χ1v) is 8.27. The first-order chi connectivity index (χ1) is 11.0. The number of amides is 1. The maximum Gasteiger partial charge on any atom is 0.337 e. The van der Waals surface area contributed by atoms with Crippen molar-refractivity contribution in [1.29, 1.82) is 0 Å². The Morgan fingerprint density at radius 3 is 2.70 bits per heavy atom. The Bertz CT molecular complexity index is 627. The molecule has 1 aromatic heterocycles. The molecule has 7 heteroatoms. The SMILES string of the molecule is O=C1CCC2(CCN1)CCN(c1ncc(C(=O)O)cc1Cl)CC2. The minimum absolute atomic E-state index is 0.0978. The summed E-state index contributed by atoms with van der Waals surface area (Å²) in [6.45, 7) is 2.41. The number of halogens is 1. The fourth-order valence-corrected chi connectivity index (χ4v) is 3.82. The molecule has 3 heterocycles. The molecule has 0 aliphatic carbocycles. The van der Waals surface area contributed by atoms with Gasteiger partial charge in [0.2, 0.25) is 5.91 Å². The van der Waals surface area contributed by atoms with Gasteiger partial charge in [0, 0.05) is 32.3 Å². The van der Waals surface area contributed by atoms with Crippen LogP contribution in [-0.2, 0) is 4.79 Å². The van der Waals surface area contributed by atoms with Gasteiger partial charge in [0.15, 0.2) is 0 Å². The van der Waals surface area contributed by atoms with E-state index in [0.717, 1.165) is 45.3 Å². The van der Waals surface area contributed by atoms with Crippen molar-refractivity contribution in [2.45, 2.75) is 32.1 Å². The Morgan fingerprint density at radius 1 is 1.30 bits per heavy atom. The Kier molecular flexibility index (Phi) is 4.43. The molecule has 3 rings (SSSR count). The molecule has 0 bridgehead atoms. The molecule has 2 N–H and O–H groups in total. The number of anilines is 1. The van der Waals surface area contributed by atoms with E-state index in [1.54, 1.807) is 0 Å². The molecule has 0 aromatic carbocycles. The van der Waals surface area contributed by atoms with E-state index >= 15 is 0 Å². The third-order valence-electron chi connectivity index (χ3n) is 5.05. The lowest BCUT2D eigenvalue weighted by molar-refractivity contribution is -0.120. The van der Waals surface area contributed by atoms with Crippen LogP contribution in [0.5, 0.6) is 0 Å². The summed E-state index contributed by atoms with van der Waals surface area (Å²) in [6.07, 6.45) is 5.91. The third-order valence-corrected chi connectivity index (χ3v) is 5.33. The third kappa shape index (κ3) is 3.42. The van der Waals surface area contributed by atoms with Gasteiger partial charge in [-0.3, -0.25) is 4.79 Å². The summed E-state index contributed by atoms with van der Waals surface area (Å²) in [5.41, 5.74) is 0.323. The van der Waals surface area contributed by atoms with Crippen LogP contribution in [-0.4, -0.2) is 41.6 Å². The van der Waals surface area contributed by atoms with E-state index in [4.69, 9.17) is 16.7 Å². The number of nitrogens with zero attached hydrogens (tertiary/aromatic N) is 2. The number of hydrogen-bond acceptors (Lipinski definition) is 4. The second kappa shape index (κ2) is 6.35. The molecule has 1 aromatic rings. The summed E-state index contributed by atoms with van der Waals surface area (Å²) >= 11 is 6.21. The lowest BCUT2D eigenvalue weighted by Gasteiger charge is -2.42. The highest BCUT2D eigenvalue weighted by Crippen LogP contribution is 2.41. The molecule has 1 spiro atoms. The summed E-state index contributed by atoms with van der Waals surface area (Å²) in [4.78, 5) is 28.8. The van der Waals surface area contributed by atoms with E-state index in [2.05, 4.69) is 15.2 Å². The number of nitrogens with one attached hydrogen (secondary N) is 1. The molecule has 124 valence electrons. The molecule has 2 aliphatic heterocycles. The first kappa shape index (κ1) is 16.1. The number of pyridine rings is 1. The van der Waals surface area contributed by atoms with Crippen molar-refractivity contribution in [3.05, 3.63) is 22.8 Å². The number of carboxylic acids is 1. The normalized spacial score (nSPS) is 20.9. The monoisotopic (exact) mass is 337 g/mol. The van der Waals surface area contributed by atoms with Gasteiger partial charge in [-0.25, -0.2) is 9.78 Å². The van der Waals surface area contributed by atoms with E-state index in [1.807, 2.05) is 0 Å². The molecule has 2 fully saturated rings. The van der Waals surface area contributed by atoms with Crippen LogP contribution in [0.4, 0.5) is 5.82 Å². The van der Waals surface area contributed by atoms with E-state index < -0.39 is 5.97 Å². The van der Waals surface area contributed by atoms with Crippen molar-refractivity contribution in [3.63, 3.8) is 0 Å². The quantitative estimate of drug-likeness (QED) is 0.865. The van der Waals surface area contributed by atoms with Crippen molar-refractivity contribution in [2.24, 2.45) is 5.41 Å². The number of piperidine rings is 1. The van der Waals surface area contributed by atoms with E-state index in [1.165, 1.54) is 12.3 Å². The van der Waals surface area contributed by atoms with Crippen LogP contribution in [0.1, 0.15) is 42.5 Å². The topological polar surface area (TPSA) is 82.5 Å². The summed E-state index contributed by atoms with van der Waals surface area (Å²) in [7, 11) is 0. The molecular formula is C16H20ClN3O3. The average molecular weight is 338 g/mol. The average Bonchev–Trinajstić information content (AvgIpc) is 2.71. The van der Waals surface area contributed by atoms with Crippen LogP contribution in [0.25, 0.3) is 0 Å². The number of rotatable bonds is 2. The molecule has 0 saturated carbocycles. The van der Waals surface area contributed by atoms with Gasteiger partial charge in [0.1, 0.15) is 5.82 Å². The Hall–Kier alpha value is -1.82. The van der Waals surface area contributed by atoms with Crippen molar-refractivity contribution >= 4 is 29.3 Å². The van der Waals surface area contributed by atoms with Gasteiger partial charge in [-0.2, -0.15) is 0 Å². The highest BCUT2D eigenvalue weighted by molar-refractivity contribution is 6.33. The number of carbonyl (C=O) groups is 2. The number of carbonyl (C=O) groups excluding carboxylic acids is 1. The van der Waals surface area contributed by atoms with Gasteiger partial charge in [-0.15, -0.1) is 0 Å². The Morgan fingerprint density at radius 2 is 2.04 bits per heavy atom. The number of carboxylic acid groups (broad SMARTS) is 1. The number of aromatic carboxylic acids is 1. The van der Waals surface area contributed by atoms with Crippen LogP contribution >= 0.6 is 11.6 Å². The Balaban J connectivity index is 1.69. The minimum Gasteiger partial charge on any atom is -0.478 e. The molecule has 1 amide bonds. The summed E-state index contributed by atoms with van der Waals surface area (Å²) < 4.78 is 0. The molecule has 2 aliphatic rings. The van der Waals surface area contributed by atoms with E-state index in [0.29, 0.717) is 17.3 Å². The highest BCUT2D eigenvalue weighted by atomic mass is 35.5. The predicted octanol–water partition coefficient (Wildman–Crippen LogP) is 2.32. The standard InChI is InChI=1S/C16H20ClN3O3/c17-12-9-11(15(22)23)10-19-14(12)20-7-4-16(5-8-20)2-1-13(21)18-6-3-16/h9-10H,1-8H2,(H,18,21)(H,22,23). The van der Waals surface area contributed by atoms with Crippen LogP contribution in [0.3, 0.4) is 0 Å². The fourth-order valence-electron chi connectivity index (χ4n) is 3.53. The fraction of sp³-hybridized carbons (Fsp3) is 0.562. The van der Waals surface area contributed by atoms with Gasteiger partial charge in [-0.05, 0) is 37.2 Å². The van der Waals surface area contributed by atoms with Crippen molar-refractivity contribution in [2.75, 3.05) is 24.5 Å². The molecular weight excluding hydrogens is 318 g/mol. The van der Waals surface area contributed by atoms with Gasteiger partial charge in [0.25, 0.3) is 0 Å². The largest absolute Gasteiger partial charge is 0.478 e. The number of hydrogen-bond donors (Lipinski definition) is 2. The maximum absolute atomic E-state index is 11.5. The van der Waals surface area contributed by atoms with E-state index in [9.17, 15) is 9.59 Å². The van der Waals surface area contributed by atoms with Gasteiger partial charge in [0.05, 0.1) is 10.6 Å². The van der Waals surface area contributed by atoms with Gasteiger partial charge in [-0.1, -0.05) is 11.6 Å². The molecule has 0 atom stereocenters. The highest BCUT2D eigenvalue weighted by Gasteiger charge is 2.36. The zero-order valence-electron chi connectivity index (χ0n) is 12.8. The first-order valence-electron chi connectivity index (χ1n) is 7.90. The maximum atomic E-state index is 11.5. The van der Waals surface area contributed by atoms with Crippen molar-refractivity contribution in [3.8, 4) is 0 Å². The van der Waals surface area contributed by atoms with Crippen molar-refractivity contribution < 1.29 is 14.7 Å². The van der Waals surface area contributed by atoms with Crippen molar-refractivity contribution in [1.82, 2.24) is 10.3 Å². The molecule has 0 radical (unpaired) electrons. The lowest BCUT2D eigenvalue weighted by atomic mass is 9.73. The summed E-state index contributed by atoms with van der Waals surface area (Å²) in [5, 5.41) is 12.3. The van der Waals surface area contributed by atoms with E-state index in [-0.39, 0.29) is 16.9 Å². The second-order valence-corrected chi connectivity index (χ2v) is 6.83. The number of aromatic nitrogens is 1. The zero-order valence-corrected chi connectivity index (χ0v) is 13.6. The molecule has 6 nitrogen and oxygen atoms in total. The second-order valence-electron chi connectivity index (χ2n) is 6.42. The van der Waals surface area contributed by atoms with Crippen LogP contribution in [0.15, 0.2) is 12.3 Å². The Labute approximate surface area is 139 Å². The van der Waals surface area contributed by atoms with Crippen LogP contribution in [0, 0.1) is 5.41 Å². The predicted molar refractivity (Wildman–Crippen MR) is 86.9 cm³/mol. The molecule has 2 saturated heterocycles. The smallest absolute Gasteiger partial charge is 0.337 e. The van der Waals surface area contributed by atoms with Gasteiger partial charge >= 0.3 is 5.97 Å². The lowest BCUT2D eigenvalue weighted by Crippen LogP contribution is -2.41. The molecule has 23 heavy (non-hydrogen) atoms. The summed E-state index contributed by atoms with van der Waals surface area (Å²) in [6, 6.07) is 1.45. The zero-order chi connectivity index (χ0) is 16.4.